The average molecular weight is 285 g/mol. The largest absolute Gasteiger partial charge is 0.480 e. The van der Waals surface area contributed by atoms with Gasteiger partial charge in [0.05, 0.1) is 12.0 Å². The minimum Gasteiger partial charge on any atom is -0.480 e. The van der Waals surface area contributed by atoms with Crippen molar-refractivity contribution in [1.82, 2.24) is 4.90 Å². The molecule has 0 aliphatic rings. The molecule has 0 aliphatic heterocycles. The van der Waals surface area contributed by atoms with Gasteiger partial charge in [-0.3, -0.25) is 9.59 Å². The molecule has 0 radical (unpaired) electrons. The highest BCUT2D eigenvalue weighted by Crippen LogP contribution is 2.40. The van der Waals surface area contributed by atoms with Crippen molar-refractivity contribution in [3.63, 3.8) is 0 Å². The molecule has 0 unspecified atom stereocenters. The summed E-state index contributed by atoms with van der Waals surface area (Å²) >= 11 is 0. The Morgan fingerprint density at radius 1 is 1.26 bits per heavy atom. The van der Waals surface area contributed by atoms with Crippen LogP contribution >= 0.6 is 0 Å². The van der Waals surface area contributed by atoms with Crippen LogP contribution in [0.4, 0.5) is 13.2 Å². The molecule has 0 saturated heterocycles. The SMILES string of the molecule is COCCN(CC(=O)O)C(=O)CC(C)(C)C(F)(F)F. The second-order valence-electron chi connectivity index (χ2n) is 4.76. The fraction of sp³-hybridized carbons (Fsp3) is 0.818. The number of carboxylic acids is 1. The van der Waals surface area contributed by atoms with E-state index in [4.69, 9.17) is 9.84 Å². The molecular formula is C11H18F3NO4. The molecule has 0 saturated carbocycles. The van der Waals surface area contributed by atoms with Gasteiger partial charge in [-0.05, 0) is 0 Å². The van der Waals surface area contributed by atoms with Crippen molar-refractivity contribution in [2.45, 2.75) is 26.4 Å². The van der Waals surface area contributed by atoms with Gasteiger partial charge in [0, 0.05) is 20.1 Å². The second-order valence-corrected chi connectivity index (χ2v) is 4.76. The Morgan fingerprint density at radius 2 is 1.79 bits per heavy atom. The van der Waals surface area contributed by atoms with Gasteiger partial charge in [-0.15, -0.1) is 0 Å². The zero-order valence-corrected chi connectivity index (χ0v) is 11.1. The van der Waals surface area contributed by atoms with Crippen LogP contribution in [-0.4, -0.2) is 54.9 Å². The van der Waals surface area contributed by atoms with Crippen LogP contribution in [0.2, 0.25) is 0 Å². The number of amides is 1. The number of alkyl halides is 3. The van der Waals surface area contributed by atoms with Crippen LogP contribution in [0.15, 0.2) is 0 Å². The normalized spacial score (nSPS) is 12.3. The highest BCUT2D eigenvalue weighted by Gasteiger charge is 2.48. The summed E-state index contributed by atoms with van der Waals surface area (Å²) in [6.45, 7) is 1.16. The van der Waals surface area contributed by atoms with E-state index in [2.05, 4.69) is 0 Å². The van der Waals surface area contributed by atoms with Crippen molar-refractivity contribution in [1.29, 1.82) is 0 Å². The lowest BCUT2D eigenvalue weighted by Gasteiger charge is -2.30. The van der Waals surface area contributed by atoms with Gasteiger partial charge in [-0.25, -0.2) is 0 Å². The van der Waals surface area contributed by atoms with Gasteiger partial charge < -0.3 is 14.7 Å². The molecule has 5 nitrogen and oxygen atoms in total. The van der Waals surface area contributed by atoms with Gasteiger partial charge >= 0.3 is 12.1 Å². The maximum absolute atomic E-state index is 12.7. The Hall–Kier alpha value is -1.31. The maximum atomic E-state index is 12.7. The number of halogens is 3. The molecular weight excluding hydrogens is 267 g/mol. The van der Waals surface area contributed by atoms with Crippen molar-refractivity contribution in [2.24, 2.45) is 5.41 Å². The van der Waals surface area contributed by atoms with Gasteiger partial charge in [-0.1, -0.05) is 13.8 Å². The van der Waals surface area contributed by atoms with Crippen molar-refractivity contribution in [3.8, 4) is 0 Å². The lowest BCUT2D eigenvalue weighted by molar-refractivity contribution is -0.215. The molecule has 1 amide bonds. The summed E-state index contributed by atoms with van der Waals surface area (Å²) in [6, 6.07) is 0. The molecule has 0 atom stereocenters. The summed E-state index contributed by atoms with van der Waals surface area (Å²) in [7, 11) is 1.35. The summed E-state index contributed by atoms with van der Waals surface area (Å²) in [6.07, 6.45) is -5.33. The summed E-state index contributed by atoms with van der Waals surface area (Å²) in [5, 5.41) is 8.63. The van der Waals surface area contributed by atoms with Gasteiger partial charge in [0.2, 0.25) is 5.91 Å². The third-order valence-corrected chi connectivity index (χ3v) is 2.60. The molecule has 0 aliphatic carbocycles. The van der Waals surface area contributed by atoms with Crippen molar-refractivity contribution in [3.05, 3.63) is 0 Å². The number of hydrogen-bond donors (Lipinski definition) is 1. The monoisotopic (exact) mass is 285 g/mol. The van der Waals surface area contributed by atoms with E-state index in [9.17, 15) is 22.8 Å². The zero-order valence-electron chi connectivity index (χ0n) is 11.1. The van der Waals surface area contributed by atoms with E-state index in [1.165, 1.54) is 7.11 Å². The molecule has 0 rings (SSSR count). The Morgan fingerprint density at radius 3 is 2.16 bits per heavy atom. The smallest absolute Gasteiger partial charge is 0.394 e. The molecule has 0 spiro atoms. The standard InChI is InChI=1S/C11H18F3NO4/c1-10(2,11(12,13)14)6-8(16)15(4-5-19-3)7-9(17)18/h4-7H2,1-3H3,(H,17,18). The Kier molecular flexibility index (Phi) is 6.28. The molecule has 0 bridgehead atoms. The number of carboxylic acid groups (broad SMARTS) is 1. The molecule has 112 valence electrons. The molecule has 0 aromatic rings. The van der Waals surface area contributed by atoms with E-state index in [1.807, 2.05) is 0 Å². The second kappa shape index (κ2) is 6.74. The highest BCUT2D eigenvalue weighted by atomic mass is 19.4. The maximum Gasteiger partial charge on any atom is 0.394 e. The van der Waals surface area contributed by atoms with Crippen LogP contribution < -0.4 is 0 Å². The number of ether oxygens (including phenoxy) is 1. The fourth-order valence-corrected chi connectivity index (χ4v) is 1.25. The number of aliphatic carboxylic acids is 1. The third-order valence-electron chi connectivity index (χ3n) is 2.60. The number of methoxy groups -OCH3 is 1. The first kappa shape index (κ1) is 17.7. The van der Waals surface area contributed by atoms with Crippen LogP contribution in [0.25, 0.3) is 0 Å². The first-order valence-corrected chi connectivity index (χ1v) is 5.56. The highest BCUT2D eigenvalue weighted by molar-refractivity contribution is 5.81. The number of carbonyl (C=O) groups excluding carboxylic acids is 1. The Balaban J connectivity index is 4.76. The van der Waals surface area contributed by atoms with Crippen LogP contribution in [0, 0.1) is 5.41 Å². The van der Waals surface area contributed by atoms with E-state index in [1.54, 1.807) is 0 Å². The number of carbonyl (C=O) groups is 2. The van der Waals surface area contributed by atoms with Crippen LogP contribution in [0.1, 0.15) is 20.3 Å². The molecule has 19 heavy (non-hydrogen) atoms. The van der Waals surface area contributed by atoms with E-state index < -0.39 is 36.4 Å². The van der Waals surface area contributed by atoms with E-state index in [-0.39, 0.29) is 13.2 Å². The minimum absolute atomic E-state index is 0.0599. The van der Waals surface area contributed by atoms with Gasteiger partial charge in [0.15, 0.2) is 0 Å². The molecule has 0 heterocycles. The first-order chi connectivity index (χ1) is 8.51. The molecule has 8 heteroatoms. The lowest BCUT2D eigenvalue weighted by atomic mass is 9.88. The van der Waals surface area contributed by atoms with Crippen LogP contribution in [0.5, 0.6) is 0 Å². The quantitative estimate of drug-likeness (QED) is 0.770. The van der Waals surface area contributed by atoms with Crippen LogP contribution in [0.3, 0.4) is 0 Å². The number of rotatable bonds is 7. The van der Waals surface area contributed by atoms with E-state index in [0.717, 1.165) is 18.7 Å². The first-order valence-electron chi connectivity index (χ1n) is 5.56. The summed E-state index contributed by atoms with van der Waals surface area (Å²) in [5.74, 6) is -2.14. The van der Waals surface area contributed by atoms with E-state index >= 15 is 0 Å². The minimum atomic E-state index is -4.53. The summed E-state index contributed by atoms with van der Waals surface area (Å²) in [5.41, 5.74) is -2.20. The Labute approximate surface area is 109 Å². The van der Waals surface area contributed by atoms with Crippen LogP contribution in [-0.2, 0) is 14.3 Å². The topological polar surface area (TPSA) is 66.8 Å². The van der Waals surface area contributed by atoms with Gasteiger partial charge in [-0.2, -0.15) is 13.2 Å². The Bertz CT molecular complexity index is 328. The van der Waals surface area contributed by atoms with Gasteiger partial charge in [0.1, 0.15) is 6.54 Å². The molecule has 0 aromatic carbocycles. The molecule has 0 aromatic heterocycles. The zero-order chi connectivity index (χ0) is 15.3. The molecule has 0 fully saturated rings. The summed E-state index contributed by atoms with van der Waals surface area (Å²) < 4.78 is 42.7. The fourth-order valence-electron chi connectivity index (χ4n) is 1.25. The number of hydrogen-bond acceptors (Lipinski definition) is 3. The van der Waals surface area contributed by atoms with Crippen molar-refractivity contribution in [2.75, 3.05) is 26.8 Å². The third kappa shape index (κ3) is 5.91. The number of nitrogens with zero attached hydrogens (tertiary/aromatic N) is 1. The average Bonchev–Trinajstić information content (AvgIpc) is 2.21. The predicted molar refractivity (Wildman–Crippen MR) is 60.5 cm³/mol. The van der Waals surface area contributed by atoms with E-state index in [0.29, 0.717) is 0 Å². The van der Waals surface area contributed by atoms with Crippen molar-refractivity contribution >= 4 is 11.9 Å². The van der Waals surface area contributed by atoms with Crippen molar-refractivity contribution < 1.29 is 32.6 Å². The van der Waals surface area contributed by atoms with Gasteiger partial charge in [0.25, 0.3) is 0 Å². The predicted octanol–water partition coefficient (Wildman–Crippen LogP) is 1.52. The lowest BCUT2D eigenvalue weighted by Crippen LogP contribution is -2.43. The summed E-state index contributed by atoms with van der Waals surface area (Å²) in [4.78, 5) is 23.2. The molecule has 1 N–H and O–H groups in total.